The smallest absolute Gasteiger partial charge is 0.457 e. The highest BCUT2D eigenvalue weighted by molar-refractivity contribution is 7.47. The molecule has 0 rings (SSSR count). The van der Waals surface area contributed by atoms with Gasteiger partial charge in [0.1, 0.15) is 12.2 Å². The fourth-order valence-corrected chi connectivity index (χ4v) is 7.77. The second-order valence-corrected chi connectivity index (χ2v) is 18.2. The van der Waals surface area contributed by atoms with Crippen LogP contribution in [0.5, 0.6) is 0 Å². The maximum absolute atomic E-state index is 12.4. The van der Waals surface area contributed by atoms with Crippen LogP contribution in [0.1, 0.15) is 226 Å². The van der Waals surface area contributed by atoms with Crippen LogP contribution < -0.4 is 0 Å². The molecule has 0 amide bonds. The number of carbonyl (C=O) groups is 2. The van der Waals surface area contributed by atoms with Crippen LogP contribution in [0.25, 0.3) is 0 Å². The molecule has 0 aromatic heterocycles. The van der Waals surface area contributed by atoms with Crippen LogP contribution in [0.3, 0.4) is 0 Å². The summed E-state index contributed by atoms with van der Waals surface area (Å²) in [6.45, 7) is 2.08. The first-order chi connectivity index (χ1) is 30.3. The van der Waals surface area contributed by atoms with E-state index in [1.165, 1.54) is 128 Å². The van der Waals surface area contributed by atoms with Crippen LogP contribution in [0, 0.1) is 0 Å². The zero-order valence-electron chi connectivity index (χ0n) is 39.6. The molecular weight excluding hydrogens is 804 g/mol. The Bertz CT molecular complexity index is 1170. The fraction of sp³-hybridized carbons (Fsp3) is 0.804. The van der Waals surface area contributed by atoms with Gasteiger partial charge in [-0.3, -0.25) is 18.6 Å². The number of rotatable bonds is 47. The average Bonchev–Trinajstić information content (AvgIpc) is 3.26. The lowest BCUT2D eigenvalue weighted by Crippen LogP contribution is -2.28. The molecule has 10 nitrogen and oxygen atoms in total. The van der Waals surface area contributed by atoms with Crippen molar-refractivity contribution in [2.45, 2.75) is 238 Å². The Morgan fingerprint density at radius 2 is 0.758 bits per heavy atom. The van der Waals surface area contributed by atoms with Gasteiger partial charge in [0.2, 0.25) is 0 Å². The number of aliphatic hydroxyl groups is 2. The summed E-state index contributed by atoms with van der Waals surface area (Å²) >= 11 is 0. The van der Waals surface area contributed by atoms with Crippen molar-refractivity contribution in [1.29, 1.82) is 0 Å². The van der Waals surface area contributed by atoms with E-state index in [9.17, 15) is 29.3 Å². The van der Waals surface area contributed by atoms with E-state index < -0.39 is 58.4 Å². The lowest BCUT2D eigenvalue weighted by atomic mass is 10.0. The zero-order chi connectivity index (χ0) is 45.5. The summed E-state index contributed by atoms with van der Waals surface area (Å²) < 4.78 is 32.6. The number of carbonyl (C=O) groups excluding carboxylic acids is 2. The molecule has 0 aliphatic rings. The van der Waals surface area contributed by atoms with Gasteiger partial charge in [-0.05, 0) is 51.4 Å². The minimum absolute atomic E-state index is 0.139. The molecule has 0 heterocycles. The number of esters is 2. The minimum atomic E-state index is -4.65. The van der Waals surface area contributed by atoms with Crippen molar-refractivity contribution >= 4 is 19.8 Å². The van der Waals surface area contributed by atoms with Crippen molar-refractivity contribution in [1.82, 2.24) is 0 Å². The molecule has 362 valence electrons. The van der Waals surface area contributed by atoms with Gasteiger partial charge in [0, 0.05) is 12.8 Å². The Morgan fingerprint density at radius 3 is 1.10 bits per heavy atom. The monoisotopic (exact) mass is 897 g/mol. The van der Waals surface area contributed by atoms with Crippen molar-refractivity contribution in [3.63, 3.8) is 0 Å². The highest BCUT2D eigenvalue weighted by Gasteiger charge is 2.27. The summed E-state index contributed by atoms with van der Waals surface area (Å²) in [5, 5.41) is 19.2. The highest BCUT2D eigenvalue weighted by Crippen LogP contribution is 2.43. The van der Waals surface area contributed by atoms with Crippen LogP contribution in [0.15, 0.2) is 48.6 Å². The maximum Gasteiger partial charge on any atom is 0.472 e. The predicted molar refractivity (Wildman–Crippen MR) is 256 cm³/mol. The number of phosphoric acid groups is 1. The number of hydrogen-bond donors (Lipinski definition) is 3. The molecule has 62 heavy (non-hydrogen) atoms. The summed E-state index contributed by atoms with van der Waals surface area (Å²) in [5.74, 6) is -1.06. The van der Waals surface area contributed by atoms with Gasteiger partial charge in [0.25, 0.3) is 0 Å². The van der Waals surface area contributed by atoms with E-state index in [0.717, 1.165) is 57.8 Å². The van der Waals surface area contributed by atoms with Crippen molar-refractivity contribution in [3.05, 3.63) is 48.6 Å². The van der Waals surface area contributed by atoms with E-state index in [1.54, 1.807) is 0 Å². The molecule has 0 aromatic carbocycles. The first-order valence-electron chi connectivity index (χ1n) is 25.1. The van der Waals surface area contributed by atoms with E-state index in [0.29, 0.717) is 12.8 Å². The normalized spacial score (nSPS) is 14.1. The van der Waals surface area contributed by atoms with Crippen LogP contribution in [0.2, 0.25) is 0 Å². The van der Waals surface area contributed by atoms with Gasteiger partial charge in [-0.15, -0.1) is 0 Å². The van der Waals surface area contributed by atoms with E-state index in [1.807, 2.05) is 0 Å². The van der Waals surface area contributed by atoms with E-state index >= 15 is 0 Å². The molecule has 0 fully saturated rings. The number of aliphatic hydroxyl groups excluding tert-OH is 2. The molecule has 0 spiro atoms. The van der Waals surface area contributed by atoms with Gasteiger partial charge in [-0.25, -0.2) is 4.57 Å². The van der Waals surface area contributed by atoms with E-state index in [-0.39, 0.29) is 12.8 Å². The molecule has 0 saturated carbocycles. The van der Waals surface area contributed by atoms with Gasteiger partial charge in [0.05, 0.1) is 26.4 Å². The molecule has 0 radical (unpaired) electrons. The zero-order valence-corrected chi connectivity index (χ0v) is 40.5. The van der Waals surface area contributed by atoms with Crippen molar-refractivity contribution < 1.29 is 47.8 Å². The summed E-state index contributed by atoms with van der Waals surface area (Å²) in [6, 6.07) is 0. The van der Waals surface area contributed by atoms with Crippen LogP contribution >= 0.6 is 7.82 Å². The van der Waals surface area contributed by atoms with E-state index in [4.69, 9.17) is 18.5 Å². The van der Waals surface area contributed by atoms with Crippen molar-refractivity contribution in [3.8, 4) is 0 Å². The van der Waals surface area contributed by atoms with Gasteiger partial charge < -0.3 is 24.6 Å². The first kappa shape index (κ1) is 59.9. The minimum Gasteiger partial charge on any atom is -0.457 e. The lowest BCUT2D eigenvalue weighted by molar-refractivity contribution is -0.153. The molecule has 0 bridgehead atoms. The third kappa shape index (κ3) is 44.5. The standard InChI is InChI=1S/C51H93O10P/c1-3-5-7-9-11-13-15-17-19-20-21-22-23-24-25-26-27-29-31-33-35-37-39-41-43-51(55)61-49(45-53)47-59-62(56,57)58-46-48(44-52)60-50(54)42-40-38-36-34-32-30-28-18-16-14-12-10-8-6-4-2/h6,8,12,14,18,28,32,34,48-49,52-53H,3-5,7,9-11,13,15-17,19-27,29-31,33,35-47H2,1-2H3,(H,56,57)/b8-6-,14-12-,28-18-,34-32-. The number of unbranched alkanes of at least 4 members (excludes halogenated alkanes) is 25. The number of ether oxygens (including phenoxy) is 2. The molecule has 3 unspecified atom stereocenters. The maximum atomic E-state index is 12.4. The SMILES string of the molecule is CC/C=C\C/C=C\C/C=C\C/C=C\CCCCC(=O)OC(CO)COP(=O)(O)OCC(CO)OC(=O)CCCCCCCCCCCCCCCCCCCCCCCCCC. The molecule has 11 heteroatoms. The molecule has 3 atom stereocenters. The van der Waals surface area contributed by atoms with Crippen molar-refractivity contribution in [2.24, 2.45) is 0 Å². The molecule has 0 aliphatic carbocycles. The van der Waals surface area contributed by atoms with Gasteiger partial charge in [0.15, 0.2) is 0 Å². The van der Waals surface area contributed by atoms with Crippen molar-refractivity contribution in [2.75, 3.05) is 26.4 Å². The molecule has 0 aliphatic heterocycles. The third-order valence-electron chi connectivity index (χ3n) is 10.8. The summed E-state index contributed by atoms with van der Waals surface area (Å²) in [7, 11) is -4.65. The van der Waals surface area contributed by atoms with Crippen LogP contribution in [-0.2, 0) is 32.7 Å². The average molecular weight is 897 g/mol. The Kier molecular flexibility index (Phi) is 45.3. The Hall–Kier alpha value is -2.07. The van der Waals surface area contributed by atoms with Crippen LogP contribution in [-0.4, -0.2) is 65.7 Å². The highest BCUT2D eigenvalue weighted by atomic mass is 31.2. The number of phosphoric ester groups is 1. The van der Waals surface area contributed by atoms with Gasteiger partial charge in [-0.1, -0.05) is 210 Å². The van der Waals surface area contributed by atoms with Gasteiger partial charge >= 0.3 is 19.8 Å². The number of allylic oxidation sites excluding steroid dienone is 8. The summed E-state index contributed by atoms with van der Waals surface area (Å²) in [4.78, 5) is 34.6. The fourth-order valence-electron chi connectivity index (χ4n) is 6.99. The lowest BCUT2D eigenvalue weighted by Gasteiger charge is -2.20. The second-order valence-electron chi connectivity index (χ2n) is 16.8. The molecule has 3 N–H and O–H groups in total. The Balaban J connectivity index is 3.83. The summed E-state index contributed by atoms with van der Waals surface area (Å²) in [5.41, 5.74) is 0. The first-order valence-corrected chi connectivity index (χ1v) is 26.6. The number of hydrogen-bond acceptors (Lipinski definition) is 9. The topological polar surface area (TPSA) is 149 Å². The second kappa shape index (κ2) is 46.9. The Morgan fingerprint density at radius 1 is 0.452 bits per heavy atom. The summed E-state index contributed by atoms with van der Waals surface area (Å²) in [6.07, 6.45) is 52.5. The predicted octanol–water partition coefficient (Wildman–Crippen LogP) is 14.1. The van der Waals surface area contributed by atoms with Crippen LogP contribution in [0.4, 0.5) is 0 Å². The molecular formula is C51H93O10P. The Labute approximate surface area is 379 Å². The van der Waals surface area contributed by atoms with Gasteiger partial charge in [-0.2, -0.15) is 0 Å². The molecule has 0 aromatic rings. The quantitative estimate of drug-likeness (QED) is 0.0233. The van der Waals surface area contributed by atoms with E-state index in [2.05, 4.69) is 62.5 Å². The third-order valence-corrected chi connectivity index (χ3v) is 11.8. The largest absolute Gasteiger partial charge is 0.472 e. The molecule has 0 saturated heterocycles.